The molecule has 0 saturated heterocycles. The topological polar surface area (TPSA) is 55.4 Å². The number of allylic oxidation sites excluding steroid dienone is 1. The minimum atomic E-state index is -0.436. The quantitative estimate of drug-likeness (QED) is 0.637. The van der Waals surface area contributed by atoms with Crippen molar-refractivity contribution in [3.05, 3.63) is 47.5 Å². The van der Waals surface area contributed by atoms with Gasteiger partial charge in [-0.3, -0.25) is 4.79 Å². The lowest BCUT2D eigenvalue weighted by Crippen LogP contribution is -2.18. The lowest BCUT2D eigenvalue weighted by Gasteiger charge is -2.04. The van der Waals surface area contributed by atoms with Crippen LogP contribution in [-0.4, -0.2) is 25.5 Å². The molecule has 0 saturated carbocycles. The maximum absolute atomic E-state index is 11.6. The Morgan fingerprint density at radius 1 is 1.35 bits per heavy atom. The average molecular weight is 233 g/mol. The number of nitrogens with one attached hydrogen (secondary N) is 1. The second kappa shape index (κ2) is 6.48. The molecule has 1 aromatic carbocycles. The van der Waals surface area contributed by atoms with Crippen LogP contribution in [0, 0.1) is 0 Å². The van der Waals surface area contributed by atoms with Crippen molar-refractivity contribution < 1.29 is 14.3 Å². The van der Waals surface area contributed by atoms with Gasteiger partial charge in [-0.15, -0.1) is 0 Å². The molecule has 0 unspecified atom stereocenters. The summed E-state index contributed by atoms with van der Waals surface area (Å²) in [5, 5.41) is 2.50. The predicted molar refractivity (Wildman–Crippen MR) is 64.9 cm³/mol. The highest BCUT2D eigenvalue weighted by Crippen LogP contribution is 2.07. The van der Waals surface area contributed by atoms with Crippen molar-refractivity contribution in [3.63, 3.8) is 0 Å². The monoisotopic (exact) mass is 233 g/mol. The molecule has 1 N–H and O–H groups in total. The van der Waals surface area contributed by atoms with Gasteiger partial charge in [0.25, 0.3) is 5.91 Å². The van der Waals surface area contributed by atoms with Gasteiger partial charge in [0.15, 0.2) is 0 Å². The van der Waals surface area contributed by atoms with Crippen molar-refractivity contribution in [2.24, 2.45) is 0 Å². The Morgan fingerprint density at radius 2 is 2.06 bits per heavy atom. The van der Waals surface area contributed by atoms with E-state index in [1.165, 1.54) is 6.07 Å². The maximum Gasteiger partial charge on any atom is 0.338 e. The van der Waals surface area contributed by atoms with Crippen LogP contribution in [0.4, 0.5) is 0 Å². The van der Waals surface area contributed by atoms with Crippen molar-refractivity contribution in [3.8, 4) is 0 Å². The minimum Gasteiger partial charge on any atom is -0.458 e. The molecule has 0 aliphatic carbocycles. The van der Waals surface area contributed by atoms with Crippen molar-refractivity contribution in [1.82, 2.24) is 5.32 Å². The zero-order valence-corrected chi connectivity index (χ0v) is 9.90. The van der Waals surface area contributed by atoms with E-state index >= 15 is 0 Å². The highest BCUT2D eigenvalue weighted by Gasteiger charge is 2.09. The number of amides is 1. The van der Waals surface area contributed by atoms with Crippen LogP contribution in [0.5, 0.6) is 0 Å². The zero-order chi connectivity index (χ0) is 12.7. The summed E-state index contributed by atoms with van der Waals surface area (Å²) in [5.41, 5.74) is 0.809. The Labute approximate surface area is 100 Å². The molecule has 0 heterocycles. The molecule has 1 rings (SSSR count). The minimum absolute atomic E-state index is 0.229. The van der Waals surface area contributed by atoms with E-state index in [0.29, 0.717) is 11.1 Å². The Morgan fingerprint density at radius 3 is 2.71 bits per heavy atom. The van der Waals surface area contributed by atoms with Crippen LogP contribution in [0.2, 0.25) is 0 Å². The first-order chi connectivity index (χ1) is 8.19. The van der Waals surface area contributed by atoms with Gasteiger partial charge in [0.2, 0.25) is 0 Å². The molecule has 0 atom stereocenters. The van der Waals surface area contributed by atoms with Crippen LogP contribution in [0.25, 0.3) is 0 Å². The first-order valence-electron chi connectivity index (χ1n) is 5.29. The van der Waals surface area contributed by atoms with Gasteiger partial charge >= 0.3 is 5.97 Å². The van der Waals surface area contributed by atoms with Crippen LogP contribution >= 0.6 is 0 Å². The number of ether oxygens (including phenoxy) is 1. The van der Waals surface area contributed by atoms with Gasteiger partial charge in [0.05, 0.1) is 5.56 Å². The number of hydrogen-bond acceptors (Lipinski definition) is 3. The van der Waals surface area contributed by atoms with Gasteiger partial charge in [-0.2, -0.15) is 0 Å². The summed E-state index contributed by atoms with van der Waals surface area (Å²) >= 11 is 0. The third kappa shape index (κ3) is 3.75. The lowest BCUT2D eigenvalue weighted by atomic mass is 10.1. The smallest absolute Gasteiger partial charge is 0.338 e. The van der Waals surface area contributed by atoms with E-state index in [0.717, 1.165) is 0 Å². The number of rotatable bonds is 4. The summed E-state index contributed by atoms with van der Waals surface area (Å²) in [6, 6.07) is 6.42. The molecule has 0 spiro atoms. The first-order valence-corrected chi connectivity index (χ1v) is 5.29. The van der Waals surface area contributed by atoms with Crippen molar-refractivity contribution in [2.75, 3.05) is 13.7 Å². The van der Waals surface area contributed by atoms with Gasteiger partial charge in [-0.05, 0) is 25.1 Å². The Kier molecular flexibility index (Phi) is 4.94. The fourth-order valence-corrected chi connectivity index (χ4v) is 1.24. The van der Waals surface area contributed by atoms with Crippen molar-refractivity contribution in [2.45, 2.75) is 6.92 Å². The normalized spacial score (nSPS) is 10.2. The molecule has 17 heavy (non-hydrogen) atoms. The number of carbonyl (C=O) groups is 2. The molecule has 4 heteroatoms. The third-order valence-corrected chi connectivity index (χ3v) is 2.13. The number of benzene rings is 1. The third-order valence-electron chi connectivity index (χ3n) is 2.13. The predicted octanol–water partition coefficient (Wildman–Crippen LogP) is 1.78. The summed E-state index contributed by atoms with van der Waals surface area (Å²) in [4.78, 5) is 23.0. The Balaban J connectivity index is 2.77. The van der Waals surface area contributed by atoms with Gasteiger partial charge in [0.1, 0.15) is 6.61 Å². The largest absolute Gasteiger partial charge is 0.458 e. The van der Waals surface area contributed by atoms with Crippen LogP contribution in [0.1, 0.15) is 27.6 Å². The maximum atomic E-state index is 11.6. The van der Waals surface area contributed by atoms with Gasteiger partial charge in [0, 0.05) is 12.6 Å². The van der Waals surface area contributed by atoms with E-state index < -0.39 is 5.97 Å². The second-order valence-corrected chi connectivity index (χ2v) is 3.33. The zero-order valence-electron chi connectivity index (χ0n) is 9.90. The van der Waals surface area contributed by atoms with E-state index in [-0.39, 0.29) is 12.5 Å². The molecular formula is C13H15NO3. The van der Waals surface area contributed by atoms with E-state index in [1.807, 2.05) is 6.92 Å². The average Bonchev–Trinajstić information content (AvgIpc) is 2.38. The summed E-state index contributed by atoms with van der Waals surface area (Å²) in [6.45, 7) is 2.08. The molecule has 0 fully saturated rings. The van der Waals surface area contributed by atoms with Crippen LogP contribution < -0.4 is 5.32 Å². The molecule has 0 aliphatic rings. The number of esters is 1. The number of hydrogen-bond donors (Lipinski definition) is 1. The standard InChI is InChI=1S/C13H15NO3/c1-3-4-8-17-13(16)11-7-5-6-10(9-11)12(15)14-2/h3-7,9H,8H2,1-2H3,(H,14,15). The molecule has 90 valence electrons. The highest BCUT2D eigenvalue weighted by molar-refractivity contribution is 5.97. The van der Waals surface area contributed by atoms with E-state index in [9.17, 15) is 9.59 Å². The molecule has 0 bridgehead atoms. The van der Waals surface area contributed by atoms with Crippen LogP contribution in [-0.2, 0) is 4.74 Å². The van der Waals surface area contributed by atoms with Crippen LogP contribution in [0.3, 0.4) is 0 Å². The van der Waals surface area contributed by atoms with Crippen molar-refractivity contribution in [1.29, 1.82) is 0 Å². The fraction of sp³-hybridized carbons (Fsp3) is 0.231. The molecule has 1 aromatic rings. The molecular weight excluding hydrogens is 218 g/mol. The second-order valence-electron chi connectivity index (χ2n) is 3.33. The fourth-order valence-electron chi connectivity index (χ4n) is 1.24. The van der Waals surface area contributed by atoms with Gasteiger partial charge in [-0.1, -0.05) is 18.2 Å². The molecule has 0 aromatic heterocycles. The van der Waals surface area contributed by atoms with E-state index in [2.05, 4.69) is 5.32 Å². The molecule has 0 radical (unpaired) electrons. The Hall–Kier alpha value is -2.10. The summed E-state index contributed by atoms with van der Waals surface area (Å²) in [7, 11) is 1.54. The van der Waals surface area contributed by atoms with Gasteiger partial charge < -0.3 is 10.1 Å². The lowest BCUT2D eigenvalue weighted by molar-refractivity contribution is 0.0549. The van der Waals surface area contributed by atoms with Crippen LogP contribution in [0.15, 0.2) is 36.4 Å². The Bertz CT molecular complexity index is 438. The number of carbonyl (C=O) groups excluding carboxylic acids is 2. The van der Waals surface area contributed by atoms with Crippen molar-refractivity contribution >= 4 is 11.9 Å². The summed E-state index contributed by atoms with van der Waals surface area (Å²) < 4.78 is 4.98. The molecule has 0 aliphatic heterocycles. The molecule has 1 amide bonds. The SMILES string of the molecule is CC=CCOC(=O)c1cccc(C(=O)NC)c1. The summed E-state index contributed by atoms with van der Waals surface area (Å²) in [6.07, 6.45) is 3.54. The van der Waals surface area contributed by atoms with E-state index in [1.54, 1.807) is 37.4 Å². The molecule has 4 nitrogen and oxygen atoms in total. The first kappa shape index (κ1) is 13.0. The van der Waals surface area contributed by atoms with Gasteiger partial charge in [-0.25, -0.2) is 4.79 Å². The highest BCUT2D eigenvalue weighted by atomic mass is 16.5. The summed E-state index contributed by atoms with van der Waals surface area (Å²) in [5.74, 6) is -0.665. The van der Waals surface area contributed by atoms with E-state index in [4.69, 9.17) is 4.74 Å².